The Kier molecular flexibility index (Phi) is 7.14. The van der Waals surface area contributed by atoms with E-state index in [1.54, 1.807) is 25.1 Å². The number of amides is 1. The number of halogens is 1. The molecule has 4 N–H and O–H groups in total. The molecule has 1 aromatic carbocycles. The summed E-state index contributed by atoms with van der Waals surface area (Å²) in [7, 11) is 0. The first-order valence-corrected chi connectivity index (χ1v) is 6.50. The molecular weight excluding hydrogens is 263 g/mol. The van der Waals surface area contributed by atoms with E-state index in [4.69, 9.17) is 10.5 Å². The number of primary amides is 1. The standard InChI is InChI=1S/C14H21FN2O3/c1-10(6-14(16)19)17-7-12(18)9-20-8-11-4-2-3-5-13(11)15/h2-5,10,12,17-18H,6-9H2,1H3,(H2,16,19). The summed E-state index contributed by atoms with van der Waals surface area (Å²) in [4.78, 5) is 10.7. The van der Waals surface area contributed by atoms with Crippen LogP contribution in [-0.4, -0.2) is 36.3 Å². The fourth-order valence-electron chi connectivity index (χ4n) is 1.69. The van der Waals surface area contributed by atoms with Crippen LogP contribution in [-0.2, 0) is 16.1 Å². The smallest absolute Gasteiger partial charge is 0.218 e. The molecule has 0 fully saturated rings. The number of nitrogens with one attached hydrogen (secondary N) is 1. The Hall–Kier alpha value is -1.50. The molecule has 0 aromatic heterocycles. The molecule has 0 saturated heterocycles. The highest BCUT2D eigenvalue weighted by atomic mass is 19.1. The fourth-order valence-corrected chi connectivity index (χ4v) is 1.69. The Morgan fingerprint density at radius 3 is 2.85 bits per heavy atom. The molecule has 1 amide bonds. The van der Waals surface area contributed by atoms with Crippen molar-refractivity contribution in [2.45, 2.75) is 32.1 Å². The number of benzene rings is 1. The van der Waals surface area contributed by atoms with E-state index >= 15 is 0 Å². The second kappa shape index (κ2) is 8.63. The van der Waals surface area contributed by atoms with Crippen molar-refractivity contribution in [2.75, 3.05) is 13.2 Å². The van der Waals surface area contributed by atoms with Gasteiger partial charge >= 0.3 is 0 Å². The molecule has 0 bridgehead atoms. The maximum Gasteiger partial charge on any atom is 0.218 e. The molecular formula is C14H21FN2O3. The van der Waals surface area contributed by atoms with Crippen molar-refractivity contribution in [3.8, 4) is 0 Å². The zero-order valence-corrected chi connectivity index (χ0v) is 11.5. The SMILES string of the molecule is CC(CC(N)=O)NCC(O)COCc1ccccc1F. The van der Waals surface area contributed by atoms with Gasteiger partial charge in [0, 0.05) is 24.6 Å². The van der Waals surface area contributed by atoms with Crippen LogP contribution in [0.5, 0.6) is 0 Å². The molecule has 0 aliphatic rings. The van der Waals surface area contributed by atoms with E-state index in [-0.39, 0.29) is 38.0 Å². The van der Waals surface area contributed by atoms with Gasteiger partial charge in [0.25, 0.3) is 0 Å². The van der Waals surface area contributed by atoms with Gasteiger partial charge in [-0.15, -0.1) is 0 Å². The zero-order chi connectivity index (χ0) is 15.0. The molecule has 5 nitrogen and oxygen atoms in total. The normalized spacial score (nSPS) is 13.9. The van der Waals surface area contributed by atoms with Crippen LogP contribution >= 0.6 is 0 Å². The summed E-state index contributed by atoms with van der Waals surface area (Å²) < 4.78 is 18.5. The van der Waals surface area contributed by atoms with E-state index in [2.05, 4.69) is 5.32 Å². The second-order valence-corrected chi connectivity index (χ2v) is 4.74. The number of ether oxygens (including phenoxy) is 1. The molecule has 2 atom stereocenters. The second-order valence-electron chi connectivity index (χ2n) is 4.74. The van der Waals surface area contributed by atoms with Gasteiger partial charge in [-0.05, 0) is 13.0 Å². The van der Waals surface area contributed by atoms with Crippen LogP contribution in [0.15, 0.2) is 24.3 Å². The van der Waals surface area contributed by atoms with Crippen LogP contribution in [0.3, 0.4) is 0 Å². The van der Waals surface area contributed by atoms with Gasteiger partial charge < -0.3 is 20.9 Å². The Morgan fingerprint density at radius 2 is 2.20 bits per heavy atom. The average Bonchev–Trinajstić information content (AvgIpc) is 2.38. The molecule has 0 aliphatic carbocycles. The molecule has 0 aliphatic heterocycles. The van der Waals surface area contributed by atoms with Gasteiger partial charge in [0.15, 0.2) is 0 Å². The van der Waals surface area contributed by atoms with Gasteiger partial charge in [-0.25, -0.2) is 4.39 Å². The van der Waals surface area contributed by atoms with Crippen molar-refractivity contribution < 1.29 is 19.0 Å². The summed E-state index contributed by atoms with van der Waals surface area (Å²) in [5.74, 6) is -0.717. The van der Waals surface area contributed by atoms with E-state index < -0.39 is 12.0 Å². The van der Waals surface area contributed by atoms with Crippen molar-refractivity contribution in [1.29, 1.82) is 0 Å². The lowest BCUT2D eigenvalue weighted by atomic mass is 10.2. The van der Waals surface area contributed by atoms with Gasteiger partial charge in [-0.2, -0.15) is 0 Å². The molecule has 112 valence electrons. The highest BCUT2D eigenvalue weighted by Gasteiger charge is 2.10. The van der Waals surface area contributed by atoms with Gasteiger partial charge in [-0.1, -0.05) is 18.2 Å². The Labute approximate surface area is 117 Å². The molecule has 1 rings (SSSR count). The lowest BCUT2D eigenvalue weighted by molar-refractivity contribution is -0.118. The summed E-state index contributed by atoms with van der Waals surface area (Å²) in [5.41, 5.74) is 5.51. The largest absolute Gasteiger partial charge is 0.389 e. The molecule has 20 heavy (non-hydrogen) atoms. The topological polar surface area (TPSA) is 84.6 Å². The van der Waals surface area contributed by atoms with Crippen LogP contribution in [0.25, 0.3) is 0 Å². The summed E-state index contributed by atoms with van der Waals surface area (Å²) in [6, 6.07) is 6.23. The first kappa shape index (κ1) is 16.6. The maximum atomic E-state index is 13.3. The summed E-state index contributed by atoms with van der Waals surface area (Å²) in [6.07, 6.45) is -0.514. The van der Waals surface area contributed by atoms with Crippen molar-refractivity contribution in [3.63, 3.8) is 0 Å². The first-order chi connectivity index (χ1) is 9.49. The van der Waals surface area contributed by atoms with Crippen LogP contribution in [0.2, 0.25) is 0 Å². The van der Waals surface area contributed by atoms with Gasteiger partial charge in [0.1, 0.15) is 5.82 Å². The third-order valence-electron chi connectivity index (χ3n) is 2.73. The molecule has 1 aromatic rings. The number of hydrogen-bond acceptors (Lipinski definition) is 4. The van der Waals surface area contributed by atoms with Gasteiger partial charge in [0.05, 0.1) is 19.3 Å². The molecule has 0 saturated carbocycles. The third kappa shape index (κ3) is 6.60. The highest BCUT2D eigenvalue weighted by Crippen LogP contribution is 2.07. The van der Waals surface area contributed by atoms with Crippen molar-refractivity contribution in [1.82, 2.24) is 5.32 Å². The van der Waals surface area contributed by atoms with Crippen LogP contribution in [0.4, 0.5) is 4.39 Å². The van der Waals surface area contributed by atoms with Crippen molar-refractivity contribution >= 4 is 5.91 Å². The van der Waals surface area contributed by atoms with Crippen molar-refractivity contribution in [2.24, 2.45) is 5.73 Å². The lowest BCUT2D eigenvalue weighted by Crippen LogP contribution is -2.38. The molecule has 6 heteroatoms. The number of rotatable bonds is 9. The van der Waals surface area contributed by atoms with E-state index in [0.29, 0.717) is 5.56 Å². The quantitative estimate of drug-likeness (QED) is 0.618. The lowest BCUT2D eigenvalue weighted by Gasteiger charge is -2.16. The molecule has 0 heterocycles. The van der Waals surface area contributed by atoms with E-state index in [1.165, 1.54) is 6.07 Å². The van der Waals surface area contributed by atoms with E-state index in [9.17, 15) is 14.3 Å². The summed E-state index contributed by atoms with van der Waals surface area (Å²) in [5, 5.41) is 12.7. The minimum Gasteiger partial charge on any atom is -0.389 e. The first-order valence-electron chi connectivity index (χ1n) is 6.50. The Bertz CT molecular complexity index is 429. The van der Waals surface area contributed by atoms with E-state index in [0.717, 1.165) is 0 Å². The minimum atomic E-state index is -0.725. The number of carbonyl (C=O) groups excluding carboxylic acids is 1. The van der Waals surface area contributed by atoms with Crippen LogP contribution in [0.1, 0.15) is 18.9 Å². The van der Waals surface area contributed by atoms with Gasteiger partial charge in [0.2, 0.25) is 5.91 Å². The maximum absolute atomic E-state index is 13.3. The molecule has 2 unspecified atom stereocenters. The predicted molar refractivity (Wildman–Crippen MR) is 73.3 cm³/mol. The zero-order valence-electron chi connectivity index (χ0n) is 11.5. The Balaban J connectivity index is 2.19. The van der Waals surface area contributed by atoms with Gasteiger partial charge in [-0.3, -0.25) is 4.79 Å². The molecule has 0 radical (unpaired) electrons. The summed E-state index contributed by atoms with van der Waals surface area (Å²) >= 11 is 0. The number of aliphatic hydroxyl groups excluding tert-OH is 1. The predicted octanol–water partition coefficient (Wildman–Crippen LogP) is 0.557. The fraction of sp³-hybridized carbons (Fsp3) is 0.500. The van der Waals surface area contributed by atoms with Crippen LogP contribution < -0.4 is 11.1 Å². The number of aliphatic hydroxyl groups is 1. The average molecular weight is 284 g/mol. The highest BCUT2D eigenvalue weighted by molar-refractivity contribution is 5.74. The van der Waals surface area contributed by atoms with E-state index in [1.807, 2.05) is 0 Å². The molecule has 0 spiro atoms. The summed E-state index contributed by atoms with van der Waals surface area (Å²) in [6.45, 7) is 2.29. The Morgan fingerprint density at radius 1 is 1.50 bits per heavy atom. The minimum absolute atomic E-state index is 0.0879. The number of hydrogen-bond donors (Lipinski definition) is 3. The monoisotopic (exact) mass is 284 g/mol. The van der Waals surface area contributed by atoms with Crippen molar-refractivity contribution in [3.05, 3.63) is 35.6 Å². The number of nitrogens with two attached hydrogens (primary N) is 1. The van der Waals surface area contributed by atoms with Crippen LogP contribution in [0, 0.1) is 5.82 Å². The third-order valence-corrected chi connectivity index (χ3v) is 2.73. The number of carbonyl (C=O) groups is 1.